The summed E-state index contributed by atoms with van der Waals surface area (Å²) in [6, 6.07) is 11.7. The molecule has 1 amide bonds. The van der Waals surface area contributed by atoms with E-state index in [0.29, 0.717) is 11.1 Å². The van der Waals surface area contributed by atoms with Gasteiger partial charge in [0.05, 0.1) is 16.3 Å². The largest absolute Gasteiger partial charge is 0.505 e. The zero-order valence-corrected chi connectivity index (χ0v) is 11.7. The van der Waals surface area contributed by atoms with E-state index in [1.54, 1.807) is 24.3 Å². The minimum atomic E-state index is -0.321. The van der Waals surface area contributed by atoms with E-state index in [-0.39, 0.29) is 21.7 Å². The Morgan fingerprint density at radius 1 is 1.15 bits per heavy atom. The van der Waals surface area contributed by atoms with Crippen LogP contribution in [0.15, 0.2) is 47.6 Å². The Bertz CT molecular complexity index is 634. The quantitative estimate of drug-likeness (QED) is 0.674. The molecule has 2 aromatic carbocycles. The van der Waals surface area contributed by atoms with Gasteiger partial charge in [0.1, 0.15) is 0 Å². The lowest BCUT2D eigenvalue weighted by Gasteiger charge is -2.02. The standard InChI is InChI=1S/C14H10Cl2N2O2/c15-11-6-9(7-12(16)13(11)19)8-17-18-14(20)10-4-2-1-3-5-10/h1-8,19H,(H,18,20)/b17-8+. The summed E-state index contributed by atoms with van der Waals surface area (Å²) in [7, 11) is 0. The first kappa shape index (κ1) is 14.4. The van der Waals surface area contributed by atoms with Crippen LogP contribution in [0.3, 0.4) is 0 Å². The van der Waals surface area contributed by atoms with Gasteiger partial charge in [0.15, 0.2) is 5.75 Å². The van der Waals surface area contributed by atoms with Crippen LogP contribution in [0.5, 0.6) is 5.75 Å². The number of phenolic OH excluding ortho intramolecular Hbond substituents is 1. The third kappa shape index (κ3) is 3.50. The number of benzene rings is 2. The van der Waals surface area contributed by atoms with Crippen molar-refractivity contribution in [1.82, 2.24) is 5.43 Å². The van der Waals surface area contributed by atoms with Crippen molar-refractivity contribution in [2.75, 3.05) is 0 Å². The number of amides is 1. The number of nitrogens with zero attached hydrogens (tertiary/aromatic N) is 1. The fraction of sp³-hybridized carbons (Fsp3) is 0. The maximum absolute atomic E-state index is 11.7. The number of hydrazone groups is 1. The predicted molar refractivity (Wildman–Crippen MR) is 79.6 cm³/mol. The molecule has 0 unspecified atom stereocenters. The molecule has 0 radical (unpaired) electrons. The van der Waals surface area contributed by atoms with Crippen molar-refractivity contribution < 1.29 is 9.90 Å². The van der Waals surface area contributed by atoms with E-state index < -0.39 is 0 Å². The fourth-order valence-corrected chi connectivity index (χ4v) is 1.98. The van der Waals surface area contributed by atoms with Crippen LogP contribution < -0.4 is 5.43 Å². The normalized spacial score (nSPS) is 10.7. The summed E-state index contributed by atoms with van der Waals surface area (Å²) in [5, 5.41) is 13.5. The molecule has 0 atom stereocenters. The summed E-state index contributed by atoms with van der Waals surface area (Å²) < 4.78 is 0. The van der Waals surface area contributed by atoms with Gasteiger partial charge < -0.3 is 5.11 Å². The number of rotatable bonds is 3. The second-order valence-electron chi connectivity index (χ2n) is 3.90. The molecule has 6 heteroatoms. The third-order valence-corrected chi connectivity index (χ3v) is 3.03. The summed E-state index contributed by atoms with van der Waals surface area (Å²) in [6.45, 7) is 0. The Balaban J connectivity index is 2.06. The van der Waals surface area contributed by atoms with Crippen molar-refractivity contribution in [3.8, 4) is 5.75 Å². The fourth-order valence-electron chi connectivity index (χ4n) is 1.48. The first-order valence-corrected chi connectivity index (χ1v) is 6.40. The Kier molecular flexibility index (Phi) is 4.61. The smallest absolute Gasteiger partial charge is 0.271 e. The van der Waals surface area contributed by atoms with Crippen molar-refractivity contribution in [3.63, 3.8) is 0 Å². The molecule has 102 valence electrons. The Morgan fingerprint density at radius 2 is 1.75 bits per heavy atom. The molecule has 20 heavy (non-hydrogen) atoms. The monoisotopic (exact) mass is 308 g/mol. The third-order valence-electron chi connectivity index (χ3n) is 2.45. The highest BCUT2D eigenvalue weighted by atomic mass is 35.5. The number of hydrogen-bond acceptors (Lipinski definition) is 3. The van der Waals surface area contributed by atoms with Crippen LogP contribution in [0.2, 0.25) is 10.0 Å². The maximum atomic E-state index is 11.7. The van der Waals surface area contributed by atoms with Crippen LogP contribution in [-0.4, -0.2) is 17.2 Å². The molecular weight excluding hydrogens is 299 g/mol. The van der Waals surface area contributed by atoms with Gasteiger partial charge in [0.25, 0.3) is 5.91 Å². The van der Waals surface area contributed by atoms with E-state index in [1.807, 2.05) is 6.07 Å². The van der Waals surface area contributed by atoms with Gasteiger partial charge in [-0.2, -0.15) is 5.10 Å². The molecule has 0 bridgehead atoms. The van der Waals surface area contributed by atoms with Crippen molar-refractivity contribution in [2.45, 2.75) is 0 Å². The molecule has 0 fully saturated rings. The zero-order chi connectivity index (χ0) is 14.5. The molecule has 4 nitrogen and oxygen atoms in total. The number of carbonyl (C=O) groups excluding carboxylic acids is 1. The minimum absolute atomic E-state index is 0.119. The van der Waals surface area contributed by atoms with Crippen molar-refractivity contribution >= 4 is 35.3 Å². The Hall–Kier alpha value is -2.04. The lowest BCUT2D eigenvalue weighted by molar-refractivity contribution is 0.0955. The van der Waals surface area contributed by atoms with E-state index in [0.717, 1.165) is 0 Å². The van der Waals surface area contributed by atoms with E-state index in [2.05, 4.69) is 10.5 Å². The topological polar surface area (TPSA) is 61.7 Å². The van der Waals surface area contributed by atoms with Gasteiger partial charge in [-0.1, -0.05) is 41.4 Å². The maximum Gasteiger partial charge on any atom is 0.271 e. The predicted octanol–water partition coefficient (Wildman–Crippen LogP) is 3.46. The van der Waals surface area contributed by atoms with E-state index in [9.17, 15) is 9.90 Å². The average molecular weight is 309 g/mol. The molecule has 0 saturated carbocycles. The van der Waals surface area contributed by atoms with Crippen LogP contribution in [0.1, 0.15) is 15.9 Å². The minimum Gasteiger partial charge on any atom is -0.505 e. The molecule has 0 aliphatic heterocycles. The van der Waals surface area contributed by atoms with Crippen LogP contribution in [0.25, 0.3) is 0 Å². The van der Waals surface area contributed by atoms with Crippen molar-refractivity contribution in [3.05, 3.63) is 63.6 Å². The van der Waals surface area contributed by atoms with Gasteiger partial charge in [0.2, 0.25) is 0 Å². The van der Waals surface area contributed by atoms with Crippen molar-refractivity contribution in [1.29, 1.82) is 0 Å². The highest BCUT2D eigenvalue weighted by molar-refractivity contribution is 6.37. The summed E-state index contributed by atoms with van der Waals surface area (Å²) in [5.74, 6) is -0.503. The molecule has 0 heterocycles. The van der Waals surface area contributed by atoms with Gasteiger partial charge in [-0.15, -0.1) is 0 Å². The number of nitrogens with one attached hydrogen (secondary N) is 1. The Morgan fingerprint density at radius 3 is 2.35 bits per heavy atom. The molecule has 2 N–H and O–H groups in total. The van der Waals surface area contributed by atoms with Crippen LogP contribution in [0, 0.1) is 0 Å². The van der Waals surface area contributed by atoms with Gasteiger partial charge >= 0.3 is 0 Å². The van der Waals surface area contributed by atoms with Crippen LogP contribution >= 0.6 is 23.2 Å². The molecule has 0 aliphatic carbocycles. The highest BCUT2D eigenvalue weighted by Crippen LogP contribution is 2.32. The second-order valence-corrected chi connectivity index (χ2v) is 4.71. The van der Waals surface area contributed by atoms with E-state index in [4.69, 9.17) is 23.2 Å². The summed E-state index contributed by atoms with van der Waals surface area (Å²) in [4.78, 5) is 11.7. The molecule has 2 aromatic rings. The zero-order valence-electron chi connectivity index (χ0n) is 10.2. The van der Waals surface area contributed by atoms with Crippen LogP contribution in [0.4, 0.5) is 0 Å². The summed E-state index contributed by atoms with van der Waals surface area (Å²) in [6.07, 6.45) is 1.39. The second kappa shape index (κ2) is 6.41. The molecular formula is C14H10Cl2N2O2. The Labute approximate surface area is 125 Å². The number of aromatic hydroxyl groups is 1. The van der Waals surface area contributed by atoms with Gasteiger partial charge in [-0.25, -0.2) is 5.43 Å². The molecule has 0 spiro atoms. The summed E-state index contributed by atoms with van der Waals surface area (Å²) in [5.41, 5.74) is 3.45. The lowest BCUT2D eigenvalue weighted by atomic mass is 10.2. The first-order valence-electron chi connectivity index (χ1n) is 5.64. The number of hydrogen-bond donors (Lipinski definition) is 2. The van der Waals surface area contributed by atoms with Crippen molar-refractivity contribution in [2.24, 2.45) is 5.10 Å². The highest BCUT2D eigenvalue weighted by Gasteiger charge is 2.05. The van der Waals surface area contributed by atoms with Gasteiger partial charge in [0, 0.05) is 5.56 Å². The van der Waals surface area contributed by atoms with E-state index in [1.165, 1.54) is 18.3 Å². The number of phenols is 1. The molecule has 2 rings (SSSR count). The molecule has 0 aromatic heterocycles. The summed E-state index contributed by atoms with van der Waals surface area (Å²) >= 11 is 11.5. The number of carbonyl (C=O) groups is 1. The SMILES string of the molecule is O=C(N/N=C/c1cc(Cl)c(O)c(Cl)c1)c1ccccc1. The first-order chi connectivity index (χ1) is 9.58. The molecule has 0 saturated heterocycles. The van der Waals surface area contributed by atoms with Crippen LogP contribution in [-0.2, 0) is 0 Å². The van der Waals surface area contributed by atoms with E-state index >= 15 is 0 Å². The molecule has 0 aliphatic rings. The average Bonchev–Trinajstić information content (AvgIpc) is 2.45. The number of halogens is 2. The van der Waals surface area contributed by atoms with Gasteiger partial charge in [-0.05, 0) is 29.8 Å². The van der Waals surface area contributed by atoms with Gasteiger partial charge in [-0.3, -0.25) is 4.79 Å². The lowest BCUT2D eigenvalue weighted by Crippen LogP contribution is -2.17.